The molecule has 3 rings (SSSR count). The molecule has 24 heavy (non-hydrogen) atoms. The minimum absolute atomic E-state index is 0. The number of rotatable bonds is 8. The summed E-state index contributed by atoms with van der Waals surface area (Å²) in [6.45, 7) is 0.440. The van der Waals surface area contributed by atoms with Gasteiger partial charge in [-0.05, 0) is 24.8 Å². The molecule has 0 aliphatic heterocycles. The number of hydrogen-bond donors (Lipinski definition) is 2. The monoisotopic (exact) mass is 350 g/mol. The van der Waals surface area contributed by atoms with Crippen molar-refractivity contribution in [3.63, 3.8) is 0 Å². The van der Waals surface area contributed by atoms with E-state index in [-0.39, 0.29) is 24.4 Å². The van der Waals surface area contributed by atoms with Gasteiger partial charge in [0, 0.05) is 31.3 Å². The molecule has 0 spiro atoms. The Balaban J connectivity index is 0.00000208. The Morgan fingerprint density at radius 2 is 2.08 bits per heavy atom. The average molecular weight is 351 g/mol. The average Bonchev–Trinajstić information content (AvgIpc) is 3.33. The van der Waals surface area contributed by atoms with Gasteiger partial charge in [-0.2, -0.15) is 4.98 Å². The van der Waals surface area contributed by atoms with E-state index < -0.39 is 0 Å². The number of amides is 1. The van der Waals surface area contributed by atoms with Crippen molar-refractivity contribution in [2.75, 3.05) is 6.54 Å². The summed E-state index contributed by atoms with van der Waals surface area (Å²) in [6, 6.07) is 9.57. The van der Waals surface area contributed by atoms with Gasteiger partial charge in [-0.3, -0.25) is 4.79 Å². The Morgan fingerprint density at radius 3 is 2.79 bits per heavy atom. The summed E-state index contributed by atoms with van der Waals surface area (Å²) in [5, 5.41) is 6.84. The minimum Gasteiger partial charge on any atom is -0.354 e. The molecular formula is C17H23ClN4O2. The smallest absolute Gasteiger partial charge is 0.226 e. The normalized spacial score (nSPS) is 14.7. The van der Waals surface area contributed by atoms with Crippen molar-refractivity contribution in [2.45, 2.75) is 44.1 Å². The molecule has 1 heterocycles. The Hall–Kier alpha value is -1.92. The second-order valence-corrected chi connectivity index (χ2v) is 6.00. The fourth-order valence-corrected chi connectivity index (χ4v) is 2.41. The third-order valence-corrected chi connectivity index (χ3v) is 3.97. The maximum absolute atomic E-state index is 11.9. The number of nitrogens with one attached hydrogen (secondary N) is 1. The number of nitrogens with zero attached hydrogens (tertiary/aromatic N) is 2. The first kappa shape index (κ1) is 18.4. The number of carbonyl (C=O) groups is 1. The van der Waals surface area contributed by atoms with Crippen molar-refractivity contribution in [3.8, 4) is 0 Å². The highest BCUT2D eigenvalue weighted by molar-refractivity contribution is 5.85. The largest absolute Gasteiger partial charge is 0.354 e. The molecule has 6 nitrogen and oxygen atoms in total. The molecule has 1 aromatic heterocycles. The Bertz CT molecular complexity index is 643. The second-order valence-electron chi connectivity index (χ2n) is 6.00. The Labute approximate surface area is 147 Å². The molecule has 1 unspecified atom stereocenters. The van der Waals surface area contributed by atoms with Crippen molar-refractivity contribution in [3.05, 3.63) is 47.6 Å². The zero-order chi connectivity index (χ0) is 16.1. The predicted octanol–water partition coefficient (Wildman–Crippen LogP) is 2.51. The number of nitrogens with two attached hydrogens (primary N) is 1. The Kier molecular flexibility index (Phi) is 6.75. The zero-order valence-electron chi connectivity index (χ0n) is 13.5. The summed E-state index contributed by atoms with van der Waals surface area (Å²) >= 11 is 0. The SMILES string of the molecule is Cl.NC(CNC(=O)CCCc1nc(C2CC2)no1)c1ccccc1. The molecule has 1 saturated carbocycles. The molecule has 0 radical (unpaired) electrons. The molecule has 1 amide bonds. The van der Waals surface area contributed by atoms with Crippen LogP contribution in [0.25, 0.3) is 0 Å². The fourth-order valence-electron chi connectivity index (χ4n) is 2.41. The van der Waals surface area contributed by atoms with E-state index in [1.165, 1.54) is 0 Å². The van der Waals surface area contributed by atoms with Crippen LogP contribution >= 0.6 is 12.4 Å². The number of carbonyl (C=O) groups excluding carboxylic acids is 1. The molecule has 7 heteroatoms. The van der Waals surface area contributed by atoms with Crippen molar-refractivity contribution >= 4 is 18.3 Å². The lowest BCUT2D eigenvalue weighted by Crippen LogP contribution is -2.31. The van der Waals surface area contributed by atoms with Crippen molar-refractivity contribution in [1.29, 1.82) is 0 Å². The maximum atomic E-state index is 11.9. The van der Waals surface area contributed by atoms with Crippen LogP contribution in [-0.2, 0) is 11.2 Å². The topological polar surface area (TPSA) is 94.0 Å². The van der Waals surface area contributed by atoms with E-state index in [0.717, 1.165) is 24.2 Å². The van der Waals surface area contributed by atoms with Crippen LogP contribution in [0.3, 0.4) is 0 Å². The van der Waals surface area contributed by atoms with Gasteiger partial charge < -0.3 is 15.6 Å². The van der Waals surface area contributed by atoms with E-state index in [0.29, 0.717) is 37.6 Å². The van der Waals surface area contributed by atoms with Crippen LogP contribution in [-0.4, -0.2) is 22.6 Å². The summed E-state index contributed by atoms with van der Waals surface area (Å²) in [7, 11) is 0. The van der Waals surface area contributed by atoms with E-state index in [2.05, 4.69) is 15.5 Å². The van der Waals surface area contributed by atoms with Crippen molar-refractivity contribution in [1.82, 2.24) is 15.5 Å². The molecule has 1 fully saturated rings. The second kappa shape index (κ2) is 8.80. The van der Waals surface area contributed by atoms with Gasteiger partial charge in [0.15, 0.2) is 5.82 Å². The molecule has 1 aliphatic carbocycles. The van der Waals surface area contributed by atoms with Crippen LogP contribution in [0.2, 0.25) is 0 Å². The lowest BCUT2D eigenvalue weighted by atomic mass is 10.1. The zero-order valence-corrected chi connectivity index (χ0v) is 14.3. The molecule has 3 N–H and O–H groups in total. The van der Waals surface area contributed by atoms with E-state index in [9.17, 15) is 4.79 Å². The van der Waals surface area contributed by atoms with Crippen LogP contribution < -0.4 is 11.1 Å². The number of halogens is 1. The quantitative estimate of drug-likeness (QED) is 0.762. The minimum atomic E-state index is -0.183. The molecule has 2 aromatic rings. The number of benzene rings is 1. The van der Waals surface area contributed by atoms with Crippen molar-refractivity contribution < 1.29 is 9.32 Å². The number of aromatic nitrogens is 2. The molecular weight excluding hydrogens is 328 g/mol. The van der Waals surface area contributed by atoms with Crippen LogP contribution in [0.5, 0.6) is 0 Å². The molecule has 0 bridgehead atoms. The first-order valence-electron chi connectivity index (χ1n) is 8.12. The van der Waals surface area contributed by atoms with Gasteiger partial charge in [-0.1, -0.05) is 35.5 Å². The standard InChI is InChI=1S/C17H22N4O2.ClH/c18-14(12-5-2-1-3-6-12)11-19-15(22)7-4-8-16-20-17(21-23-16)13-9-10-13;/h1-3,5-6,13-14H,4,7-11,18H2,(H,19,22);1H. The summed E-state index contributed by atoms with van der Waals surface area (Å²) in [5.74, 6) is 1.94. The molecule has 1 aromatic carbocycles. The highest BCUT2D eigenvalue weighted by atomic mass is 35.5. The molecule has 130 valence electrons. The van der Waals surface area contributed by atoms with Crippen LogP contribution in [0, 0.1) is 0 Å². The van der Waals surface area contributed by atoms with Gasteiger partial charge in [0.05, 0.1) is 0 Å². The number of aryl methyl sites for hydroxylation is 1. The van der Waals surface area contributed by atoms with Crippen LogP contribution in [0.4, 0.5) is 0 Å². The lowest BCUT2D eigenvalue weighted by molar-refractivity contribution is -0.121. The molecule has 1 atom stereocenters. The first-order chi connectivity index (χ1) is 11.2. The summed E-state index contributed by atoms with van der Waals surface area (Å²) in [6.07, 6.45) is 4.07. The summed E-state index contributed by atoms with van der Waals surface area (Å²) in [5.41, 5.74) is 7.07. The van der Waals surface area contributed by atoms with Crippen LogP contribution in [0.15, 0.2) is 34.9 Å². The van der Waals surface area contributed by atoms with Gasteiger partial charge in [0.25, 0.3) is 0 Å². The van der Waals surface area contributed by atoms with Gasteiger partial charge in [-0.15, -0.1) is 12.4 Å². The van der Waals surface area contributed by atoms with E-state index in [4.69, 9.17) is 10.3 Å². The van der Waals surface area contributed by atoms with Crippen LogP contribution in [0.1, 0.15) is 54.9 Å². The van der Waals surface area contributed by atoms with Gasteiger partial charge in [0.2, 0.25) is 11.8 Å². The molecule has 0 saturated heterocycles. The van der Waals surface area contributed by atoms with E-state index >= 15 is 0 Å². The lowest BCUT2D eigenvalue weighted by Gasteiger charge is -2.12. The van der Waals surface area contributed by atoms with Gasteiger partial charge >= 0.3 is 0 Å². The highest BCUT2D eigenvalue weighted by Crippen LogP contribution is 2.38. The first-order valence-corrected chi connectivity index (χ1v) is 8.12. The van der Waals surface area contributed by atoms with Gasteiger partial charge in [-0.25, -0.2) is 0 Å². The van der Waals surface area contributed by atoms with Gasteiger partial charge in [0.1, 0.15) is 0 Å². The summed E-state index contributed by atoms with van der Waals surface area (Å²) in [4.78, 5) is 16.2. The van der Waals surface area contributed by atoms with Crippen molar-refractivity contribution in [2.24, 2.45) is 5.73 Å². The predicted molar refractivity (Wildman–Crippen MR) is 92.8 cm³/mol. The number of hydrogen-bond acceptors (Lipinski definition) is 5. The third-order valence-electron chi connectivity index (χ3n) is 3.97. The highest BCUT2D eigenvalue weighted by Gasteiger charge is 2.28. The Morgan fingerprint density at radius 1 is 1.33 bits per heavy atom. The fraction of sp³-hybridized carbons (Fsp3) is 0.471. The third kappa shape index (κ3) is 5.32. The van der Waals surface area contributed by atoms with E-state index in [1.54, 1.807) is 0 Å². The van der Waals surface area contributed by atoms with E-state index in [1.807, 2.05) is 30.3 Å². The summed E-state index contributed by atoms with van der Waals surface area (Å²) < 4.78 is 5.19. The maximum Gasteiger partial charge on any atom is 0.226 e. The molecule has 1 aliphatic rings.